The van der Waals surface area contributed by atoms with E-state index in [-0.39, 0.29) is 11.6 Å². The normalized spacial score (nSPS) is 14.6. The Morgan fingerprint density at radius 2 is 1.94 bits per heavy atom. The van der Waals surface area contributed by atoms with Gasteiger partial charge in [0.2, 0.25) is 5.88 Å². The number of esters is 1. The number of fused-ring (bicyclic) bond motifs is 1. The summed E-state index contributed by atoms with van der Waals surface area (Å²) in [6.45, 7) is 2.67. The monoisotopic (exact) mass is 474 g/mol. The van der Waals surface area contributed by atoms with Crippen LogP contribution < -0.4 is 19.9 Å². The lowest BCUT2D eigenvalue weighted by Crippen LogP contribution is -2.21. The van der Waals surface area contributed by atoms with Crippen LogP contribution in [0, 0.1) is 11.3 Å². The van der Waals surface area contributed by atoms with Crippen molar-refractivity contribution in [2.45, 2.75) is 25.7 Å². The topological polar surface area (TPSA) is 94.6 Å². The third-order valence-electron chi connectivity index (χ3n) is 5.45. The molecule has 1 aliphatic rings. The first-order valence-corrected chi connectivity index (χ1v) is 11.3. The second-order valence-electron chi connectivity index (χ2n) is 7.76. The van der Waals surface area contributed by atoms with E-state index in [1.54, 1.807) is 36.4 Å². The maximum Gasteiger partial charge on any atom is 0.343 e. The predicted octanol–water partition coefficient (Wildman–Crippen LogP) is 5.96. The van der Waals surface area contributed by atoms with Crippen LogP contribution in [0.1, 0.15) is 47.2 Å². The molecule has 0 spiro atoms. The molecule has 1 atom stereocenters. The number of hydrogen-bond donors (Lipinski definition) is 1. The number of nitriles is 1. The average molecular weight is 475 g/mol. The number of rotatable bonds is 7. The van der Waals surface area contributed by atoms with Crippen molar-refractivity contribution in [3.05, 3.63) is 99.9 Å². The van der Waals surface area contributed by atoms with E-state index in [4.69, 9.17) is 31.5 Å². The van der Waals surface area contributed by atoms with Gasteiger partial charge in [-0.05, 0) is 36.8 Å². The van der Waals surface area contributed by atoms with Gasteiger partial charge in [-0.15, -0.1) is 0 Å². The van der Waals surface area contributed by atoms with Gasteiger partial charge in [-0.1, -0.05) is 55.3 Å². The number of nitrogens with zero attached hydrogens (tertiary/aromatic N) is 1. The molecule has 172 valence electrons. The fraction of sp³-hybridized carbons (Fsp3) is 0.185. The zero-order chi connectivity index (χ0) is 24.1. The Labute approximate surface area is 203 Å². The van der Waals surface area contributed by atoms with Crippen LogP contribution in [0.3, 0.4) is 0 Å². The van der Waals surface area contributed by atoms with Crippen LogP contribution in [0.15, 0.2) is 78.2 Å². The number of nitrogens with two attached hydrogens (primary N) is 1. The van der Waals surface area contributed by atoms with Crippen molar-refractivity contribution in [1.29, 1.82) is 5.26 Å². The number of hydrogen-bond acceptors (Lipinski definition) is 6. The number of benzene rings is 3. The largest absolute Gasteiger partial charge is 0.493 e. The molecule has 3 aromatic carbocycles. The van der Waals surface area contributed by atoms with Crippen LogP contribution in [0.25, 0.3) is 0 Å². The van der Waals surface area contributed by atoms with E-state index in [0.717, 1.165) is 24.0 Å². The number of para-hydroxylation sites is 1. The maximum atomic E-state index is 12.5. The minimum atomic E-state index is -0.550. The van der Waals surface area contributed by atoms with E-state index >= 15 is 0 Å². The molecule has 2 N–H and O–H groups in total. The lowest BCUT2D eigenvalue weighted by atomic mass is 9.83. The number of allylic oxidation sites excluding steroid dienone is 1. The summed E-state index contributed by atoms with van der Waals surface area (Å²) >= 11 is 5.97. The molecule has 0 aromatic heterocycles. The molecule has 0 aliphatic carbocycles. The second-order valence-corrected chi connectivity index (χ2v) is 8.20. The number of unbranched alkanes of at least 4 members (excludes halogenated alkanes) is 1. The van der Waals surface area contributed by atoms with Crippen LogP contribution in [0.4, 0.5) is 0 Å². The summed E-state index contributed by atoms with van der Waals surface area (Å²) in [7, 11) is 0. The lowest BCUT2D eigenvalue weighted by molar-refractivity contribution is 0.0734. The first-order valence-electron chi connectivity index (χ1n) is 10.9. The molecule has 0 radical (unpaired) electrons. The van der Waals surface area contributed by atoms with Crippen molar-refractivity contribution < 1.29 is 19.0 Å². The number of carbonyl (C=O) groups excluding carboxylic acids is 1. The Bertz CT molecular complexity index is 1300. The number of halogens is 1. The highest BCUT2D eigenvalue weighted by atomic mass is 35.5. The zero-order valence-corrected chi connectivity index (χ0v) is 19.3. The highest BCUT2D eigenvalue weighted by Gasteiger charge is 2.33. The van der Waals surface area contributed by atoms with Crippen LogP contribution >= 0.6 is 11.6 Å². The van der Waals surface area contributed by atoms with Crippen molar-refractivity contribution in [1.82, 2.24) is 0 Å². The summed E-state index contributed by atoms with van der Waals surface area (Å²) in [5.41, 5.74) is 8.29. The lowest BCUT2D eigenvalue weighted by Gasteiger charge is -2.28. The first-order chi connectivity index (χ1) is 16.5. The summed E-state index contributed by atoms with van der Waals surface area (Å²) < 4.78 is 17.3. The minimum absolute atomic E-state index is 0.00155. The van der Waals surface area contributed by atoms with Gasteiger partial charge in [0.1, 0.15) is 28.9 Å². The van der Waals surface area contributed by atoms with Crippen molar-refractivity contribution >= 4 is 17.6 Å². The van der Waals surface area contributed by atoms with E-state index < -0.39 is 11.9 Å². The fourth-order valence-electron chi connectivity index (χ4n) is 3.78. The Hall–Kier alpha value is -3.95. The van der Waals surface area contributed by atoms with Crippen molar-refractivity contribution in [3.63, 3.8) is 0 Å². The van der Waals surface area contributed by atoms with E-state index in [0.29, 0.717) is 34.3 Å². The van der Waals surface area contributed by atoms with E-state index in [1.165, 1.54) is 6.07 Å². The van der Waals surface area contributed by atoms with Gasteiger partial charge in [0, 0.05) is 22.2 Å². The van der Waals surface area contributed by atoms with Crippen molar-refractivity contribution in [3.8, 4) is 23.3 Å². The fourth-order valence-corrected chi connectivity index (χ4v) is 3.97. The Morgan fingerprint density at radius 1 is 1.12 bits per heavy atom. The van der Waals surface area contributed by atoms with Gasteiger partial charge in [0.25, 0.3) is 0 Å². The summed E-state index contributed by atoms with van der Waals surface area (Å²) in [5, 5.41) is 10.3. The number of carbonyl (C=O) groups is 1. The molecule has 0 bridgehead atoms. The molecule has 4 rings (SSSR count). The van der Waals surface area contributed by atoms with Gasteiger partial charge in [0.05, 0.1) is 18.1 Å². The molecule has 1 heterocycles. The molecule has 0 saturated heterocycles. The predicted molar refractivity (Wildman–Crippen MR) is 129 cm³/mol. The second kappa shape index (κ2) is 10.3. The molecule has 6 nitrogen and oxygen atoms in total. The summed E-state index contributed by atoms with van der Waals surface area (Å²) in [6, 6.07) is 21.3. The Kier molecular flexibility index (Phi) is 7.05. The van der Waals surface area contributed by atoms with Crippen LogP contribution in [0.5, 0.6) is 17.2 Å². The highest BCUT2D eigenvalue weighted by Crippen LogP contribution is 2.46. The molecule has 0 fully saturated rings. The zero-order valence-electron chi connectivity index (χ0n) is 18.6. The van der Waals surface area contributed by atoms with Gasteiger partial charge >= 0.3 is 5.97 Å². The van der Waals surface area contributed by atoms with Gasteiger partial charge < -0.3 is 19.9 Å². The van der Waals surface area contributed by atoms with E-state index in [2.05, 4.69) is 13.0 Å². The quantitative estimate of drug-likeness (QED) is 0.258. The van der Waals surface area contributed by atoms with Gasteiger partial charge in [-0.3, -0.25) is 0 Å². The van der Waals surface area contributed by atoms with Gasteiger partial charge in [-0.25, -0.2) is 4.79 Å². The molecular weight excluding hydrogens is 452 g/mol. The minimum Gasteiger partial charge on any atom is -0.493 e. The third kappa shape index (κ3) is 4.85. The molecular formula is C27H23ClN2O4. The summed E-state index contributed by atoms with van der Waals surface area (Å²) in [5.74, 6) is 0.340. The van der Waals surface area contributed by atoms with Gasteiger partial charge in [0.15, 0.2) is 0 Å². The smallest absolute Gasteiger partial charge is 0.343 e. The van der Waals surface area contributed by atoms with Crippen LogP contribution in [-0.4, -0.2) is 12.6 Å². The molecule has 34 heavy (non-hydrogen) atoms. The van der Waals surface area contributed by atoms with Crippen LogP contribution in [-0.2, 0) is 0 Å². The molecule has 1 aliphatic heterocycles. The van der Waals surface area contributed by atoms with Crippen molar-refractivity contribution in [2.75, 3.05) is 6.61 Å². The average Bonchev–Trinajstić information content (AvgIpc) is 2.83. The standard InChI is InChI=1S/C27H23ClN2O4/c1-2-3-13-32-23-10-5-4-9-20(23)25-21-12-11-19(15-24(21)34-26(30)22(25)16-29)33-27(31)17-7-6-8-18(28)14-17/h4-12,14-15,25H,2-3,13,30H2,1H3. The maximum absolute atomic E-state index is 12.5. The Morgan fingerprint density at radius 3 is 2.71 bits per heavy atom. The number of ether oxygens (including phenoxy) is 3. The summed E-state index contributed by atoms with van der Waals surface area (Å²) in [4.78, 5) is 12.5. The van der Waals surface area contributed by atoms with E-state index in [9.17, 15) is 10.1 Å². The first kappa shape index (κ1) is 23.2. The van der Waals surface area contributed by atoms with Gasteiger partial charge in [-0.2, -0.15) is 5.26 Å². The SMILES string of the molecule is CCCCOc1ccccc1C1C(C#N)=C(N)Oc2cc(OC(=O)c3cccc(Cl)c3)ccc21. The Balaban J connectivity index is 1.69. The van der Waals surface area contributed by atoms with Crippen LogP contribution in [0.2, 0.25) is 5.02 Å². The molecule has 0 amide bonds. The highest BCUT2D eigenvalue weighted by molar-refractivity contribution is 6.30. The molecule has 3 aromatic rings. The van der Waals surface area contributed by atoms with E-state index in [1.807, 2.05) is 24.3 Å². The molecule has 0 saturated carbocycles. The molecule has 1 unspecified atom stereocenters. The van der Waals surface area contributed by atoms with Crippen molar-refractivity contribution in [2.24, 2.45) is 5.73 Å². The molecule has 7 heteroatoms. The summed E-state index contributed by atoms with van der Waals surface area (Å²) in [6.07, 6.45) is 1.93. The third-order valence-corrected chi connectivity index (χ3v) is 5.68.